The molecule has 1 N–H and O–H groups in total. The van der Waals surface area contributed by atoms with E-state index in [1.165, 1.54) is 25.7 Å². The monoisotopic (exact) mass is 128 g/mol. The van der Waals surface area contributed by atoms with Crippen LogP contribution in [-0.4, -0.2) is 6.54 Å². The fourth-order valence-electron chi connectivity index (χ4n) is 0.627. The first-order valence-electron chi connectivity index (χ1n) is 3.96. The van der Waals surface area contributed by atoms with Gasteiger partial charge in [-0.05, 0) is 19.4 Å². The first-order chi connectivity index (χ1) is 4.41. The minimum atomic E-state index is 1.15. The third-order valence-electron chi connectivity index (χ3n) is 1.25. The van der Waals surface area contributed by atoms with Crippen molar-refractivity contribution in [1.82, 2.24) is 5.32 Å². The molecule has 0 saturated heterocycles. The molecule has 55 valence electrons. The van der Waals surface area contributed by atoms with E-state index in [0.29, 0.717) is 0 Å². The van der Waals surface area contributed by atoms with Crippen molar-refractivity contribution < 1.29 is 0 Å². The van der Waals surface area contributed by atoms with E-state index in [2.05, 4.69) is 25.7 Å². The summed E-state index contributed by atoms with van der Waals surface area (Å²) < 4.78 is 0. The summed E-state index contributed by atoms with van der Waals surface area (Å²) in [5, 5.41) is 3.26. The zero-order valence-corrected chi connectivity index (χ0v) is 6.61. The predicted octanol–water partition coefficient (Wildman–Crippen LogP) is 2.34. The molecular formula is C8H18N. The summed E-state index contributed by atoms with van der Waals surface area (Å²) in [6, 6.07) is 0. The number of hydrogen-bond donors (Lipinski definition) is 1. The van der Waals surface area contributed by atoms with Gasteiger partial charge in [0, 0.05) is 6.54 Å². The van der Waals surface area contributed by atoms with E-state index in [-0.39, 0.29) is 0 Å². The molecule has 0 bridgehead atoms. The Morgan fingerprint density at radius 2 is 2.00 bits per heavy atom. The van der Waals surface area contributed by atoms with Crippen LogP contribution in [0.4, 0.5) is 0 Å². The first kappa shape index (κ1) is 8.96. The fraction of sp³-hybridized carbons (Fsp3) is 0.875. The summed E-state index contributed by atoms with van der Waals surface area (Å²) >= 11 is 0. The Kier molecular flexibility index (Phi) is 7.92. The summed E-state index contributed by atoms with van der Waals surface area (Å²) in [5.74, 6) is 0. The molecule has 0 rings (SSSR count). The molecule has 0 fully saturated rings. The van der Waals surface area contributed by atoms with Crippen molar-refractivity contribution in [2.24, 2.45) is 0 Å². The van der Waals surface area contributed by atoms with E-state index in [4.69, 9.17) is 0 Å². The molecule has 0 aromatic carbocycles. The van der Waals surface area contributed by atoms with E-state index in [9.17, 15) is 0 Å². The normalized spacial score (nSPS) is 10.0. The average molecular weight is 128 g/mol. The van der Waals surface area contributed by atoms with Crippen LogP contribution in [0.15, 0.2) is 0 Å². The number of unbranched alkanes of at least 4 members (excludes halogenated alkanes) is 2. The van der Waals surface area contributed by atoms with Crippen molar-refractivity contribution in [2.45, 2.75) is 39.5 Å². The summed E-state index contributed by atoms with van der Waals surface area (Å²) in [7, 11) is 0. The lowest BCUT2D eigenvalue weighted by Gasteiger charge is -1.99. The largest absolute Gasteiger partial charge is 0.312 e. The van der Waals surface area contributed by atoms with Gasteiger partial charge in [0.2, 0.25) is 0 Å². The van der Waals surface area contributed by atoms with Crippen molar-refractivity contribution >= 4 is 0 Å². The third-order valence-corrected chi connectivity index (χ3v) is 1.25. The lowest BCUT2D eigenvalue weighted by atomic mass is 10.3. The van der Waals surface area contributed by atoms with Crippen molar-refractivity contribution in [3.63, 3.8) is 0 Å². The van der Waals surface area contributed by atoms with Gasteiger partial charge < -0.3 is 5.32 Å². The maximum Gasteiger partial charge on any atom is 0.0221 e. The van der Waals surface area contributed by atoms with E-state index in [1.807, 2.05) is 0 Å². The van der Waals surface area contributed by atoms with E-state index in [1.54, 1.807) is 0 Å². The molecule has 1 radical (unpaired) electrons. The van der Waals surface area contributed by atoms with Crippen LogP contribution >= 0.6 is 0 Å². The summed E-state index contributed by atoms with van der Waals surface area (Å²) in [6.45, 7) is 7.71. The summed E-state index contributed by atoms with van der Waals surface area (Å²) in [6.07, 6.45) is 5.02. The molecule has 0 saturated carbocycles. The molecule has 0 spiro atoms. The van der Waals surface area contributed by atoms with Crippen LogP contribution in [0.25, 0.3) is 0 Å². The van der Waals surface area contributed by atoms with Crippen LogP contribution < -0.4 is 5.32 Å². The van der Waals surface area contributed by atoms with Gasteiger partial charge in [-0.2, -0.15) is 0 Å². The quantitative estimate of drug-likeness (QED) is 0.541. The van der Waals surface area contributed by atoms with E-state index in [0.717, 1.165) is 6.54 Å². The van der Waals surface area contributed by atoms with Crippen molar-refractivity contribution in [1.29, 1.82) is 0 Å². The Balaban J connectivity index is 2.60. The van der Waals surface area contributed by atoms with Crippen LogP contribution in [0.5, 0.6) is 0 Å². The topological polar surface area (TPSA) is 12.0 Å². The molecular weight excluding hydrogens is 110 g/mol. The van der Waals surface area contributed by atoms with Crippen LogP contribution in [0.1, 0.15) is 39.5 Å². The fourth-order valence-corrected chi connectivity index (χ4v) is 0.627. The molecule has 0 atom stereocenters. The molecule has 0 heterocycles. The Morgan fingerprint density at radius 1 is 1.22 bits per heavy atom. The van der Waals surface area contributed by atoms with E-state index < -0.39 is 0 Å². The van der Waals surface area contributed by atoms with Gasteiger partial charge in [-0.15, -0.1) is 0 Å². The third kappa shape index (κ3) is 7.96. The molecule has 1 nitrogen and oxygen atoms in total. The smallest absolute Gasteiger partial charge is 0.0221 e. The minimum absolute atomic E-state index is 1.15. The number of rotatable bonds is 6. The molecule has 0 aliphatic heterocycles. The highest BCUT2D eigenvalue weighted by Crippen LogP contribution is 1.89. The lowest BCUT2D eigenvalue weighted by molar-refractivity contribution is 0.673. The molecule has 0 aromatic heterocycles. The second-order valence-electron chi connectivity index (χ2n) is 2.30. The maximum atomic E-state index is 3.26. The van der Waals surface area contributed by atoms with Crippen molar-refractivity contribution in [3.8, 4) is 0 Å². The standard InChI is InChI=1S/C8H18N/c1-3-5-7-9-8-6-4-2/h7,9H,3-6,8H2,1-2H3. The Labute approximate surface area is 58.8 Å². The molecule has 9 heavy (non-hydrogen) atoms. The van der Waals surface area contributed by atoms with Gasteiger partial charge >= 0.3 is 0 Å². The van der Waals surface area contributed by atoms with Gasteiger partial charge in [0.05, 0.1) is 0 Å². The van der Waals surface area contributed by atoms with Crippen LogP contribution in [0, 0.1) is 6.54 Å². The maximum absolute atomic E-state index is 3.26. The van der Waals surface area contributed by atoms with Gasteiger partial charge in [0.1, 0.15) is 0 Å². The Hall–Kier alpha value is -0.0400. The molecule has 0 aromatic rings. The minimum Gasteiger partial charge on any atom is -0.312 e. The number of hydrogen-bond acceptors (Lipinski definition) is 1. The second-order valence-corrected chi connectivity index (χ2v) is 2.30. The van der Waals surface area contributed by atoms with Gasteiger partial charge in [0.15, 0.2) is 0 Å². The molecule has 0 aliphatic rings. The van der Waals surface area contributed by atoms with Gasteiger partial charge in [0.25, 0.3) is 0 Å². The number of nitrogens with one attached hydrogen (secondary N) is 1. The molecule has 0 aliphatic carbocycles. The Bertz CT molecular complexity index is 37.8. The lowest BCUT2D eigenvalue weighted by Crippen LogP contribution is -2.10. The van der Waals surface area contributed by atoms with Crippen LogP contribution in [-0.2, 0) is 0 Å². The highest BCUT2D eigenvalue weighted by Gasteiger charge is 1.83. The van der Waals surface area contributed by atoms with Gasteiger partial charge in [-0.1, -0.05) is 26.7 Å². The van der Waals surface area contributed by atoms with Gasteiger partial charge in [-0.25, -0.2) is 0 Å². The van der Waals surface area contributed by atoms with Crippen molar-refractivity contribution in [2.75, 3.05) is 6.54 Å². The highest BCUT2D eigenvalue weighted by molar-refractivity contribution is 4.59. The van der Waals surface area contributed by atoms with Crippen LogP contribution in [0.2, 0.25) is 0 Å². The second kappa shape index (κ2) is 7.96. The predicted molar refractivity (Wildman–Crippen MR) is 42.1 cm³/mol. The molecule has 1 heteroatoms. The Morgan fingerprint density at radius 3 is 2.56 bits per heavy atom. The van der Waals surface area contributed by atoms with Gasteiger partial charge in [-0.3, -0.25) is 0 Å². The van der Waals surface area contributed by atoms with Crippen molar-refractivity contribution in [3.05, 3.63) is 6.54 Å². The summed E-state index contributed by atoms with van der Waals surface area (Å²) in [4.78, 5) is 0. The zero-order valence-electron chi connectivity index (χ0n) is 6.61. The molecule has 0 amide bonds. The van der Waals surface area contributed by atoms with Crippen LogP contribution in [0.3, 0.4) is 0 Å². The molecule has 0 unspecified atom stereocenters. The summed E-state index contributed by atoms with van der Waals surface area (Å²) in [5.41, 5.74) is 0. The first-order valence-corrected chi connectivity index (χ1v) is 3.96. The highest BCUT2D eigenvalue weighted by atomic mass is 14.8. The van der Waals surface area contributed by atoms with E-state index >= 15 is 0 Å². The average Bonchev–Trinajstić information content (AvgIpc) is 1.89. The SMILES string of the molecule is CCC[CH]NCCCC. The zero-order chi connectivity index (χ0) is 6.95.